The molecule has 1 aromatic rings. The lowest BCUT2D eigenvalue weighted by Crippen LogP contribution is -2.38. The van der Waals surface area contributed by atoms with Gasteiger partial charge in [0.25, 0.3) is 5.91 Å². The maximum atomic E-state index is 12.1. The Kier molecular flexibility index (Phi) is 4.07. The Balaban J connectivity index is 2.01. The Labute approximate surface area is 107 Å². The topological polar surface area (TPSA) is 38.8 Å². The third-order valence-corrected chi connectivity index (χ3v) is 3.14. The highest BCUT2D eigenvalue weighted by molar-refractivity contribution is 5.81. The van der Waals surface area contributed by atoms with Gasteiger partial charge in [0.1, 0.15) is 0 Å². The quantitative estimate of drug-likeness (QED) is 0.820. The SMILES string of the molecule is COc1ccccc1OC(C)C(=O)N1CCCC1. The minimum Gasteiger partial charge on any atom is -0.493 e. The predicted octanol–water partition coefficient (Wildman–Crippen LogP) is 2.08. The highest BCUT2D eigenvalue weighted by Gasteiger charge is 2.25. The number of rotatable bonds is 4. The first kappa shape index (κ1) is 12.7. The molecule has 1 fully saturated rings. The van der Waals surface area contributed by atoms with Crippen LogP contribution in [0.2, 0.25) is 0 Å². The second-order valence-electron chi connectivity index (χ2n) is 4.44. The second kappa shape index (κ2) is 5.76. The lowest BCUT2D eigenvalue weighted by molar-refractivity contribution is -0.136. The highest BCUT2D eigenvalue weighted by atomic mass is 16.5. The molecule has 0 spiro atoms. The summed E-state index contributed by atoms with van der Waals surface area (Å²) in [6.07, 6.45) is 1.71. The van der Waals surface area contributed by atoms with E-state index in [4.69, 9.17) is 9.47 Å². The van der Waals surface area contributed by atoms with Crippen LogP contribution < -0.4 is 9.47 Å². The molecule has 4 nitrogen and oxygen atoms in total. The molecule has 0 N–H and O–H groups in total. The highest BCUT2D eigenvalue weighted by Crippen LogP contribution is 2.27. The van der Waals surface area contributed by atoms with Crippen LogP contribution in [0, 0.1) is 0 Å². The zero-order valence-corrected chi connectivity index (χ0v) is 10.9. The Hall–Kier alpha value is -1.71. The number of hydrogen-bond donors (Lipinski definition) is 0. The van der Waals surface area contributed by atoms with E-state index in [1.807, 2.05) is 29.2 Å². The van der Waals surface area contributed by atoms with Gasteiger partial charge in [-0.1, -0.05) is 12.1 Å². The summed E-state index contributed by atoms with van der Waals surface area (Å²) in [5.74, 6) is 1.32. The third kappa shape index (κ3) is 2.75. The number of ether oxygens (including phenoxy) is 2. The minimum absolute atomic E-state index is 0.0541. The Morgan fingerprint density at radius 1 is 1.22 bits per heavy atom. The first-order chi connectivity index (χ1) is 8.72. The lowest BCUT2D eigenvalue weighted by Gasteiger charge is -2.21. The van der Waals surface area contributed by atoms with Crippen LogP contribution >= 0.6 is 0 Å². The largest absolute Gasteiger partial charge is 0.493 e. The standard InChI is InChI=1S/C14H19NO3/c1-11(14(16)15-9-5-6-10-15)18-13-8-4-3-7-12(13)17-2/h3-4,7-8,11H,5-6,9-10H2,1-2H3. The van der Waals surface area contributed by atoms with Crippen molar-refractivity contribution < 1.29 is 14.3 Å². The van der Waals surface area contributed by atoms with Gasteiger partial charge in [-0.05, 0) is 31.9 Å². The first-order valence-corrected chi connectivity index (χ1v) is 6.31. The van der Waals surface area contributed by atoms with E-state index in [-0.39, 0.29) is 5.91 Å². The molecule has 4 heteroatoms. The predicted molar refractivity (Wildman–Crippen MR) is 68.9 cm³/mol. The summed E-state index contributed by atoms with van der Waals surface area (Å²) in [6, 6.07) is 7.37. The molecule has 1 aliphatic rings. The summed E-state index contributed by atoms with van der Waals surface area (Å²) in [5.41, 5.74) is 0. The van der Waals surface area contributed by atoms with E-state index in [0.29, 0.717) is 11.5 Å². The number of methoxy groups -OCH3 is 1. The van der Waals surface area contributed by atoms with E-state index in [2.05, 4.69) is 0 Å². The van der Waals surface area contributed by atoms with Gasteiger partial charge in [-0.2, -0.15) is 0 Å². The number of para-hydroxylation sites is 2. The van der Waals surface area contributed by atoms with Crippen LogP contribution in [-0.2, 0) is 4.79 Å². The van der Waals surface area contributed by atoms with Crippen LogP contribution in [0.3, 0.4) is 0 Å². The van der Waals surface area contributed by atoms with Crippen molar-refractivity contribution in [1.29, 1.82) is 0 Å². The molecule has 0 saturated carbocycles. The summed E-state index contributed by atoms with van der Waals surface area (Å²) in [4.78, 5) is 14.0. The van der Waals surface area contributed by atoms with E-state index >= 15 is 0 Å². The van der Waals surface area contributed by atoms with Crippen LogP contribution in [0.15, 0.2) is 24.3 Å². The Morgan fingerprint density at radius 2 is 1.83 bits per heavy atom. The number of hydrogen-bond acceptors (Lipinski definition) is 3. The van der Waals surface area contributed by atoms with Crippen molar-refractivity contribution in [3.8, 4) is 11.5 Å². The molecule has 1 aliphatic heterocycles. The van der Waals surface area contributed by atoms with Crippen molar-refractivity contribution >= 4 is 5.91 Å². The molecule has 1 heterocycles. The minimum atomic E-state index is -0.473. The Morgan fingerprint density at radius 3 is 2.44 bits per heavy atom. The lowest BCUT2D eigenvalue weighted by atomic mass is 10.3. The van der Waals surface area contributed by atoms with Crippen molar-refractivity contribution in [3.63, 3.8) is 0 Å². The molecule has 1 saturated heterocycles. The number of benzene rings is 1. The van der Waals surface area contributed by atoms with Gasteiger partial charge in [0, 0.05) is 13.1 Å². The summed E-state index contributed by atoms with van der Waals surface area (Å²) < 4.78 is 10.9. The van der Waals surface area contributed by atoms with Crippen molar-refractivity contribution in [1.82, 2.24) is 4.90 Å². The van der Waals surface area contributed by atoms with Gasteiger partial charge in [0.05, 0.1) is 7.11 Å². The van der Waals surface area contributed by atoms with Gasteiger partial charge in [-0.15, -0.1) is 0 Å². The summed E-state index contributed by atoms with van der Waals surface area (Å²) >= 11 is 0. The Bertz CT molecular complexity index is 413. The van der Waals surface area contributed by atoms with Gasteiger partial charge < -0.3 is 14.4 Å². The fraction of sp³-hybridized carbons (Fsp3) is 0.500. The molecule has 0 radical (unpaired) electrons. The maximum Gasteiger partial charge on any atom is 0.263 e. The molecule has 0 aliphatic carbocycles. The van der Waals surface area contributed by atoms with Gasteiger partial charge in [0.2, 0.25) is 0 Å². The van der Waals surface area contributed by atoms with Gasteiger partial charge in [-0.25, -0.2) is 0 Å². The smallest absolute Gasteiger partial charge is 0.263 e. The van der Waals surface area contributed by atoms with E-state index in [1.165, 1.54) is 0 Å². The fourth-order valence-corrected chi connectivity index (χ4v) is 2.15. The molecule has 1 amide bonds. The molecule has 1 atom stereocenters. The average molecular weight is 249 g/mol. The number of carbonyl (C=O) groups is 1. The molecule has 1 aromatic carbocycles. The normalized spacial score (nSPS) is 16.4. The van der Waals surface area contributed by atoms with Crippen LogP contribution in [0.5, 0.6) is 11.5 Å². The van der Waals surface area contributed by atoms with E-state index < -0.39 is 6.10 Å². The summed E-state index contributed by atoms with van der Waals surface area (Å²) in [5, 5.41) is 0. The number of nitrogens with zero attached hydrogens (tertiary/aromatic N) is 1. The summed E-state index contributed by atoms with van der Waals surface area (Å²) in [6.45, 7) is 3.48. The molecule has 0 bridgehead atoms. The van der Waals surface area contributed by atoms with Crippen LogP contribution in [0.4, 0.5) is 0 Å². The third-order valence-electron chi connectivity index (χ3n) is 3.14. The van der Waals surface area contributed by atoms with Crippen molar-refractivity contribution in [2.45, 2.75) is 25.9 Å². The molecule has 0 aromatic heterocycles. The zero-order chi connectivity index (χ0) is 13.0. The van der Waals surface area contributed by atoms with Gasteiger partial charge >= 0.3 is 0 Å². The first-order valence-electron chi connectivity index (χ1n) is 6.31. The zero-order valence-electron chi connectivity index (χ0n) is 10.9. The number of likely N-dealkylation sites (tertiary alicyclic amines) is 1. The maximum absolute atomic E-state index is 12.1. The van der Waals surface area contributed by atoms with E-state index in [0.717, 1.165) is 25.9 Å². The molecular formula is C14H19NO3. The molecule has 2 rings (SSSR count). The van der Waals surface area contributed by atoms with Crippen molar-refractivity contribution in [2.24, 2.45) is 0 Å². The second-order valence-corrected chi connectivity index (χ2v) is 4.44. The van der Waals surface area contributed by atoms with Crippen LogP contribution in [-0.4, -0.2) is 37.1 Å². The molecule has 18 heavy (non-hydrogen) atoms. The van der Waals surface area contributed by atoms with Crippen molar-refractivity contribution in [2.75, 3.05) is 20.2 Å². The van der Waals surface area contributed by atoms with Crippen LogP contribution in [0.25, 0.3) is 0 Å². The fourth-order valence-electron chi connectivity index (χ4n) is 2.15. The number of carbonyl (C=O) groups excluding carboxylic acids is 1. The van der Waals surface area contributed by atoms with Crippen molar-refractivity contribution in [3.05, 3.63) is 24.3 Å². The molecule has 1 unspecified atom stereocenters. The van der Waals surface area contributed by atoms with Gasteiger partial charge in [0.15, 0.2) is 17.6 Å². The summed E-state index contributed by atoms with van der Waals surface area (Å²) in [7, 11) is 1.59. The van der Waals surface area contributed by atoms with E-state index in [1.54, 1.807) is 14.0 Å². The molecule has 98 valence electrons. The monoisotopic (exact) mass is 249 g/mol. The van der Waals surface area contributed by atoms with Gasteiger partial charge in [-0.3, -0.25) is 4.79 Å². The van der Waals surface area contributed by atoms with Crippen LogP contribution in [0.1, 0.15) is 19.8 Å². The van der Waals surface area contributed by atoms with E-state index in [9.17, 15) is 4.79 Å². The molecular weight excluding hydrogens is 230 g/mol. The average Bonchev–Trinajstić information content (AvgIpc) is 2.92. The number of amides is 1.